The minimum Gasteiger partial charge on any atom is -0.491 e. The molecule has 0 aliphatic carbocycles. The van der Waals surface area contributed by atoms with Gasteiger partial charge in [-0.25, -0.2) is 14.6 Å². The average molecular weight is 595 g/mol. The number of benzene rings is 2. The third kappa shape index (κ3) is 6.73. The van der Waals surface area contributed by atoms with E-state index in [9.17, 15) is 14.4 Å². The molecule has 0 bridgehead atoms. The average Bonchev–Trinajstić information content (AvgIpc) is 3.26. The number of carbonyl (C=O) groups excluding carboxylic acids is 2. The van der Waals surface area contributed by atoms with Gasteiger partial charge >= 0.3 is 11.9 Å². The van der Waals surface area contributed by atoms with Gasteiger partial charge in [-0.15, -0.1) is 0 Å². The summed E-state index contributed by atoms with van der Waals surface area (Å²) in [6.07, 6.45) is 1.84. The van der Waals surface area contributed by atoms with Crippen LogP contribution in [0.4, 0.5) is 0 Å². The molecule has 0 saturated carbocycles. The minimum absolute atomic E-state index is 0.0492. The standard InChI is InChI=1S/C31H34N2O8S/c1-7-38-24-16-21(11-14-23(24)40-17-26(34)37-6)28-27(30(36)39-8-2)19(5)32-31-33(28)29(35)25(42-31)15-20-9-12-22(13-10-20)41-18(3)4/h9-16,18,28H,7-8,17H2,1-6H3/b25-15-/t28-/m1/s1. The zero-order valence-corrected chi connectivity index (χ0v) is 25.3. The van der Waals surface area contributed by atoms with Gasteiger partial charge in [0, 0.05) is 0 Å². The second-order valence-electron chi connectivity index (χ2n) is 9.54. The maximum atomic E-state index is 13.9. The quantitative estimate of drug-likeness (QED) is 0.310. The summed E-state index contributed by atoms with van der Waals surface area (Å²) in [5, 5.41) is 0. The Morgan fingerprint density at radius 1 is 1.05 bits per heavy atom. The fraction of sp³-hybridized carbons (Fsp3) is 0.355. The summed E-state index contributed by atoms with van der Waals surface area (Å²) >= 11 is 1.24. The molecule has 11 heteroatoms. The first-order valence-electron chi connectivity index (χ1n) is 13.6. The number of ether oxygens (including phenoxy) is 5. The summed E-state index contributed by atoms with van der Waals surface area (Å²) in [5.74, 6) is 0.299. The lowest BCUT2D eigenvalue weighted by molar-refractivity contribution is -0.143. The normalized spacial score (nSPS) is 14.7. The molecule has 0 unspecified atom stereocenters. The van der Waals surface area contributed by atoms with E-state index in [1.54, 1.807) is 38.1 Å². The molecule has 1 aliphatic rings. The topological polar surface area (TPSA) is 115 Å². The molecular formula is C31H34N2O8S. The number of fused-ring (bicyclic) bond motifs is 1. The molecule has 222 valence electrons. The van der Waals surface area contributed by atoms with Crippen molar-refractivity contribution >= 4 is 29.4 Å². The third-order valence-electron chi connectivity index (χ3n) is 6.22. The number of rotatable bonds is 11. The Bertz CT molecular complexity index is 1670. The molecule has 2 aromatic carbocycles. The molecule has 0 amide bonds. The Morgan fingerprint density at radius 2 is 1.79 bits per heavy atom. The molecule has 1 aromatic heterocycles. The summed E-state index contributed by atoms with van der Waals surface area (Å²) in [4.78, 5) is 43.9. The molecule has 4 rings (SSSR count). The Balaban J connectivity index is 1.84. The third-order valence-corrected chi connectivity index (χ3v) is 7.21. The summed E-state index contributed by atoms with van der Waals surface area (Å²) in [6, 6.07) is 11.7. The fourth-order valence-corrected chi connectivity index (χ4v) is 5.50. The first-order chi connectivity index (χ1) is 20.2. The highest BCUT2D eigenvalue weighted by atomic mass is 32.1. The summed E-state index contributed by atoms with van der Waals surface area (Å²) in [6.45, 7) is 9.35. The second-order valence-corrected chi connectivity index (χ2v) is 10.6. The first-order valence-corrected chi connectivity index (χ1v) is 14.4. The van der Waals surface area contributed by atoms with Crippen LogP contribution in [0.5, 0.6) is 17.2 Å². The SMILES string of the molecule is CCOC(=O)C1=C(C)N=c2s/c(=C\c3ccc(OC(C)C)cc3)c(=O)n2[C@@H]1c1ccc(OCC(=O)OC)c(OCC)c1. The second kappa shape index (κ2) is 13.5. The monoisotopic (exact) mass is 594 g/mol. The zero-order chi connectivity index (χ0) is 30.4. The van der Waals surface area contributed by atoms with Gasteiger partial charge in [-0.05, 0) is 76.1 Å². The van der Waals surface area contributed by atoms with Crippen molar-refractivity contribution in [3.63, 3.8) is 0 Å². The minimum atomic E-state index is -0.835. The molecule has 0 saturated heterocycles. The van der Waals surface area contributed by atoms with Crippen molar-refractivity contribution in [2.45, 2.75) is 46.8 Å². The van der Waals surface area contributed by atoms with Gasteiger partial charge in [0.25, 0.3) is 5.56 Å². The summed E-state index contributed by atoms with van der Waals surface area (Å²) < 4.78 is 29.1. The van der Waals surface area contributed by atoms with Gasteiger partial charge in [0.2, 0.25) is 0 Å². The van der Waals surface area contributed by atoms with E-state index >= 15 is 0 Å². The maximum absolute atomic E-state index is 13.9. The van der Waals surface area contributed by atoms with Crippen LogP contribution in [-0.4, -0.2) is 49.5 Å². The van der Waals surface area contributed by atoms with E-state index < -0.39 is 18.0 Å². The van der Waals surface area contributed by atoms with E-state index in [-0.39, 0.29) is 30.5 Å². The lowest BCUT2D eigenvalue weighted by Gasteiger charge is -2.25. The number of aromatic nitrogens is 1. The van der Waals surface area contributed by atoms with Crippen molar-refractivity contribution in [2.75, 3.05) is 26.9 Å². The van der Waals surface area contributed by atoms with Crippen LogP contribution in [0, 0.1) is 0 Å². The highest BCUT2D eigenvalue weighted by molar-refractivity contribution is 7.07. The molecule has 10 nitrogen and oxygen atoms in total. The molecular weight excluding hydrogens is 560 g/mol. The van der Waals surface area contributed by atoms with Crippen molar-refractivity contribution in [3.8, 4) is 17.2 Å². The Morgan fingerprint density at radius 3 is 2.43 bits per heavy atom. The van der Waals surface area contributed by atoms with Crippen LogP contribution in [0.1, 0.15) is 51.8 Å². The van der Waals surface area contributed by atoms with E-state index in [0.717, 1.165) is 11.3 Å². The molecule has 0 radical (unpaired) electrons. The highest BCUT2D eigenvalue weighted by Gasteiger charge is 2.34. The van der Waals surface area contributed by atoms with Crippen molar-refractivity contribution < 1.29 is 33.3 Å². The Hall–Kier alpha value is -4.38. The smallest absolute Gasteiger partial charge is 0.343 e. The number of thiazole rings is 1. The van der Waals surface area contributed by atoms with Crippen molar-refractivity contribution in [1.82, 2.24) is 4.57 Å². The predicted octanol–water partition coefficient (Wildman–Crippen LogP) is 3.54. The van der Waals surface area contributed by atoms with Crippen LogP contribution in [0.3, 0.4) is 0 Å². The van der Waals surface area contributed by atoms with Crippen LogP contribution in [-0.2, 0) is 19.1 Å². The fourth-order valence-electron chi connectivity index (χ4n) is 4.45. The number of hydrogen-bond acceptors (Lipinski definition) is 10. The summed E-state index contributed by atoms with van der Waals surface area (Å²) in [7, 11) is 1.27. The van der Waals surface area contributed by atoms with Gasteiger partial charge in [-0.1, -0.05) is 29.5 Å². The number of nitrogens with zero attached hydrogens (tertiary/aromatic N) is 2. The van der Waals surface area contributed by atoms with Gasteiger partial charge in [0.05, 0.1) is 48.3 Å². The number of esters is 2. The molecule has 1 aliphatic heterocycles. The lowest BCUT2D eigenvalue weighted by Crippen LogP contribution is -2.40. The predicted molar refractivity (Wildman–Crippen MR) is 158 cm³/mol. The van der Waals surface area contributed by atoms with E-state index in [0.29, 0.717) is 38.7 Å². The van der Waals surface area contributed by atoms with E-state index in [1.807, 2.05) is 45.0 Å². The molecule has 0 spiro atoms. The zero-order valence-electron chi connectivity index (χ0n) is 24.5. The Labute approximate surface area is 247 Å². The number of carbonyl (C=O) groups is 2. The van der Waals surface area contributed by atoms with Crippen molar-refractivity contribution in [3.05, 3.63) is 84.5 Å². The van der Waals surface area contributed by atoms with E-state index in [4.69, 9.17) is 18.9 Å². The van der Waals surface area contributed by atoms with Gasteiger partial charge in [-0.3, -0.25) is 9.36 Å². The lowest BCUT2D eigenvalue weighted by atomic mass is 9.95. The number of methoxy groups -OCH3 is 1. The van der Waals surface area contributed by atoms with Gasteiger partial charge in [0.15, 0.2) is 22.9 Å². The van der Waals surface area contributed by atoms with Crippen LogP contribution in [0.25, 0.3) is 6.08 Å². The molecule has 2 heterocycles. The first kappa shape index (κ1) is 30.6. The van der Waals surface area contributed by atoms with E-state index in [1.165, 1.54) is 23.0 Å². The van der Waals surface area contributed by atoms with Crippen LogP contribution in [0.15, 0.2) is 63.5 Å². The largest absolute Gasteiger partial charge is 0.491 e. The Kier molecular flexibility index (Phi) is 9.84. The van der Waals surface area contributed by atoms with Crippen LogP contribution >= 0.6 is 11.3 Å². The number of hydrogen-bond donors (Lipinski definition) is 0. The molecule has 42 heavy (non-hydrogen) atoms. The molecule has 3 aromatic rings. The van der Waals surface area contributed by atoms with Crippen LogP contribution in [0.2, 0.25) is 0 Å². The van der Waals surface area contributed by atoms with E-state index in [2.05, 4.69) is 9.73 Å². The molecule has 0 fully saturated rings. The summed E-state index contributed by atoms with van der Waals surface area (Å²) in [5.41, 5.74) is 1.80. The van der Waals surface area contributed by atoms with Crippen molar-refractivity contribution in [2.24, 2.45) is 4.99 Å². The van der Waals surface area contributed by atoms with Gasteiger partial charge < -0.3 is 23.7 Å². The molecule has 0 N–H and O–H groups in total. The van der Waals surface area contributed by atoms with Gasteiger partial charge in [-0.2, -0.15) is 0 Å². The van der Waals surface area contributed by atoms with Gasteiger partial charge in [0.1, 0.15) is 5.75 Å². The number of allylic oxidation sites excluding steroid dienone is 1. The van der Waals surface area contributed by atoms with Crippen molar-refractivity contribution in [1.29, 1.82) is 0 Å². The maximum Gasteiger partial charge on any atom is 0.343 e. The highest BCUT2D eigenvalue weighted by Crippen LogP contribution is 2.36. The van der Waals surface area contributed by atoms with Crippen LogP contribution < -0.4 is 29.1 Å². The molecule has 1 atom stereocenters.